The highest BCUT2D eigenvalue weighted by molar-refractivity contribution is 8.13. The number of fused-ring (bicyclic) bond motifs is 1. The number of benzene rings is 1. The third-order valence-corrected chi connectivity index (χ3v) is 6.73. The molecule has 8 heteroatoms. The Morgan fingerprint density at radius 3 is 2.57 bits per heavy atom. The molecule has 0 fully saturated rings. The van der Waals surface area contributed by atoms with Crippen LogP contribution in [0.25, 0.3) is 0 Å². The van der Waals surface area contributed by atoms with Crippen molar-refractivity contribution in [3.63, 3.8) is 0 Å². The van der Waals surface area contributed by atoms with E-state index in [2.05, 4.69) is 19.2 Å². The first-order chi connectivity index (χ1) is 13.9. The van der Waals surface area contributed by atoms with Gasteiger partial charge >= 0.3 is 5.97 Å². The van der Waals surface area contributed by atoms with Crippen LogP contribution in [0, 0.1) is 13.8 Å². The lowest BCUT2D eigenvalue weighted by atomic mass is 9.88. The molecule has 0 amide bonds. The third-order valence-electron chi connectivity index (χ3n) is 5.38. The van der Waals surface area contributed by atoms with Crippen molar-refractivity contribution in [2.24, 2.45) is 5.73 Å². The lowest BCUT2D eigenvalue weighted by Crippen LogP contribution is -2.34. The van der Waals surface area contributed by atoms with Gasteiger partial charge in [0.2, 0.25) is 0 Å². The molecular weight excluding hydrogens is 420 g/mol. The van der Waals surface area contributed by atoms with Crippen LogP contribution in [0.5, 0.6) is 5.75 Å². The van der Waals surface area contributed by atoms with Crippen molar-refractivity contribution in [1.29, 1.82) is 0 Å². The maximum Gasteiger partial charge on any atom is 0.320 e. The van der Waals surface area contributed by atoms with E-state index in [1.54, 1.807) is 6.92 Å². The lowest BCUT2D eigenvalue weighted by molar-refractivity contribution is -0.138. The zero-order valence-corrected chi connectivity index (χ0v) is 20.0. The van der Waals surface area contributed by atoms with Crippen molar-refractivity contribution >= 4 is 40.1 Å². The molecule has 1 atom stereocenters. The van der Waals surface area contributed by atoms with Crippen molar-refractivity contribution in [1.82, 2.24) is 5.32 Å². The molecular formula is C22H32N2O4S2. The molecule has 0 saturated carbocycles. The molecule has 166 valence electrons. The molecule has 2 rings (SSSR count). The van der Waals surface area contributed by atoms with E-state index in [0.29, 0.717) is 24.4 Å². The van der Waals surface area contributed by atoms with Crippen LogP contribution < -0.4 is 15.8 Å². The molecule has 1 aromatic rings. The lowest BCUT2D eigenvalue weighted by Gasteiger charge is -2.36. The average molecular weight is 453 g/mol. The Morgan fingerprint density at radius 1 is 1.30 bits per heavy atom. The van der Waals surface area contributed by atoms with E-state index in [1.165, 1.54) is 11.8 Å². The normalized spacial score (nSPS) is 15.7. The van der Waals surface area contributed by atoms with Gasteiger partial charge in [0.25, 0.3) is 0 Å². The summed E-state index contributed by atoms with van der Waals surface area (Å²) in [4.78, 5) is 24.2. The van der Waals surface area contributed by atoms with Crippen LogP contribution in [0.1, 0.15) is 68.7 Å². The molecule has 1 heterocycles. The number of thiocarbonyl (C=S) groups is 1. The summed E-state index contributed by atoms with van der Waals surface area (Å²) in [6, 6.07) is -0.832. The van der Waals surface area contributed by atoms with E-state index >= 15 is 0 Å². The molecule has 0 aromatic heterocycles. The molecule has 30 heavy (non-hydrogen) atoms. The molecule has 0 bridgehead atoms. The highest BCUT2D eigenvalue weighted by Gasteiger charge is 2.32. The van der Waals surface area contributed by atoms with Gasteiger partial charge in [0.15, 0.2) is 5.12 Å². The molecule has 1 aromatic carbocycles. The van der Waals surface area contributed by atoms with E-state index in [4.69, 9.17) is 27.8 Å². The maximum atomic E-state index is 11.9. The summed E-state index contributed by atoms with van der Waals surface area (Å²) in [5, 5.41) is 12.2. The van der Waals surface area contributed by atoms with Gasteiger partial charge in [-0.3, -0.25) is 9.59 Å². The Morgan fingerprint density at radius 2 is 1.97 bits per heavy atom. The maximum absolute atomic E-state index is 11.9. The van der Waals surface area contributed by atoms with Crippen molar-refractivity contribution in [3.05, 3.63) is 22.3 Å². The first kappa shape index (κ1) is 24.6. The number of carbonyl (C=O) groups excluding carboxylic acids is 1. The number of rotatable bonds is 8. The van der Waals surface area contributed by atoms with Gasteiger partial charge in [0.1, 0.15) is 22.4 Å². The van der Waals surface area contributed by atoms with Crippen LogP contribution >= 0.6 is 24.0 Å². The minimum absolute atomic E-state index is 0.0150. The molecule has 1 aliphatic rings. The Bertz CT molecular complexity index is 852. The molecule has 1 aliphatic heterocycles. The Kier molecular flexibility index (Phi) is 8.30. The van der Waals surface area contributed by atoms with Gasteiger partial charge in [-0.15, -0.1) is 0 Å². The number of thioether (sulfide) groups is 1. The Hall–Kier alpha value is -1.64. The van der Waals surface area contributed by atoms with E-state index in [9.17, 15) is 9.59 Å². The average Bonchev–Trinajstić information content (AvgIpc) is 2.64. The number of ether oxygens (including phenoxy) is 1. The van der Waals surface area contributed by atoms with Gasteiger partial charge < -0.3 is 20.9 Å². The fourth-order valence-corrected chi connectivity index (χ4v) is 4.99. The van der Waals surface area contributed by atoms with Gasteiger partial charge in [0, 0.05) is 29.5 Å². The molecule has 0 radical (unpaired) electrons. The second-order valence-corrected chi connectivity index (χ2v) is 10.0. The number of nitrogens with two attached hydrogens (primary N) is 1. The largest absolute Gasteiger partial charge is 0.487 e. The highest BCUT2D eigenvalue weighted by Crippen LogP contribution is 2.44. The molecule has 6 nitrogen and oxygen atoms in total. The van der Waals surface area contributed by atoms with Gasteiger partial charge in [0.05, 0.1) is 0 Å². The predicted molar refractivity (Wildman–Crippen MR) is 125 cm³/mol. The topological polar surface area (TPSA) is 102 Å². The van der Waals surface area contributed by atoms with Gasteiger partial charge in [-0.05, 0) is 70.9 Å². The minimum atomic E-state index is -0.979. The summed E-state index contributed by atoms with van der Waals surface area (Å²) in [6.07, 6.45) is 3.70. The first-order valence-corrected chi connectivity index (χ1v) is 11.5. The van der Waals surface area contributed by atoms with Crippen molar-refractivity contribution in [2.75, 3.05) is 6.54 Å². The molecule has 0 saturated heterocycles. The molecule has 0 spiro atoms. The summed E-state index contributed by atoms with van der Waals surface area (Å²) in [5.74, 6) is -0.101. The summed E-state index contributed by atoms with van der Waals surface area (Å²) in [5.41, 5.74) is 9.32. The number of carboxylic acids is 1. The monoisotopic (exact) mass is 452 g/mol. The number of hydrogen-bond acceptors (Lipinski definition) is 6. The van der Waals surface area contributed by atoms with Gasteiger partial charge in [-0.2, -0.15) is 0 Å². The Balaban J connectivity index is 2.24. The number of carboxylic acid groups (broad SMARTS) is 1. The van der Waals surface area contributed by atoms with Crippen LogP contribution in [0.4, 0.5) is 0 Å². The first-order valence-electron chi connectivity index (χ1n) is 10.2. The van der Waals surface area contributed by atoms with Crippen LogP contribution in [0.15, 0.2) is 4.90 Å². The van der Waals surface area contributed by atoms with E-state index in [1.807, 2.05) is 13.8 Å². The number of nitrogens with one attached hydrogen (secondary N) is 1. The van der Waals surface area contributed by atoms with E-state index < -0.39 is 12.0 Å². The summed E-state index contributed by atoms with van der Waals surface area (Å²) < 4.78 is 6.32. The minimum Gasteiger partial charge on any atom is -0.487 e. The fourth-order valence-electron chi connectivity index (χ4n) is 3.65. The Labute approximate surface area is 188 Å². The molecule has 0 unspecified atom stereocenters. The molecule has 0 aliphatic carbocycles. The van der Waals surface area contributed by atoms with Crippen LogP contribution in [0.2, 0.25) is 0 Å². The summed E-state index contributed by atoms with van der Waals surface area (Å²) in [7, 11) is 0. The van der Waals surface area contributed by atoms with E-state index in [-0.39, 0.29) is 10.7 Å². The second kappa shape index (κ2) is 10.1. The zero-order chi connectivity index (χ0) is 22.6. The summed E-state index contributed by atoms with van der Waals surface area (Å²) >= 11 is 6.92. The number of aliphatic carboxylic acids is 1. The van der Waals surface area contributed by atoms with Crippen molar-refractivity contribution < 1.29 is 19.4 Å². The highest BCUT2D eigenvalue weighted by atomic mass is 32.2. The number of unbranched alkanes of at least 4 members (excludes halogenated alkanes) is 1. The SMILES string of the molecule is CC(=O)Sc1c(C)c2c(c(C)c1C(=S)NCCCC[C@H](N)C(=O)O)OC(C)(C)CC2. The van der Waals surface area contributed by atoms with Crippen LogP contribution in [0.3, 0.4) is 0 Å². The summed E-state index contributed by atoms with van der Waals surface area (Å²) in [6.45, 7) is 10.4. The van der Waals surface area contributed by atoms with Crippen molar-refractivity contribution in [2.45, 2.75) is 83.3 Å². The van der Waals surface area contributed by atoms with Crippen LogP contribution in [-0.2, 0) is 16.0 Å². The third kappa shape index (κ3) is 5.95. The second-order valence-electron chi connectivity index (χ2n) is 8.41. The van der Waals surface area contributed by atoms with E-state index in [0.717, 1.165) is 52.2 Å². The fraction of sp³-hybridized carbons (Fsp3) is 0.591. The number of hydrogen-bond donors (Lipinski definition) is 3. The van der Waals surface area contributed by atoms with Gasteiger partial charge in [-0.25, -0.2) is 0 Å². The zero-order valence-electron chi connectivity index (χ0n) is 18.4. The predicted octanol–water partition coefficient (Wildman–Crippen LogP) is 3.89. The molecule has 4 N–H and O–H groups in total. The smallest absolute Gasteiger partial charge is 0.320 e. The quantitative estimate of drug-likeness (QED) is 0.310. The van der Waals surface area contributed by atoms with Crippen molar-refractivity contribution in [3.8, 4) is 5.75 Å². The standard InChI is InChI=1S/C22H32N2O4S2/c1-12-15-9-10-22(4,5)28-18(15)13(2)17(19(12)30-14(3)25)20(29)24-11-7-6-8-16(23)21(26)27/h16H,6-11,23H2,1-5H3,(H,24,29)(H,26,27)/t16-/m0/s1. The number of carbonyl (C=O) groups is 2. The van der Waals surface area contributed by atoms with Crippen LogP contribution in [-0.4, -0.2) is 39.4 Å². The van der Waals surface area contributed by atoms with Gasteiger partial charge in [-0.1, -0.05) is 24.0 Å².